The van der Waals surface area contributed by atoms with Gasteiger partial charge in [-0.15, -0.1) is 103 Å². The van der Waals surface area contributed by atoms with E-state index in [0.717, 1.165) is 66.8 Å². The molecule has 792 valence electrons. The Labute approximate surface area is 918 Å². The van der Waals surface area contributed by atoms with Crippen molar-refractivity contribution in [1.29, 1.82) is 10.5 Å². The standard InChI is InChI=1S/2C63H81N4O3.2C2H3N.2Mo/c2*1-37-22-25-52(46(28-37)64-49-34-40(58(4,5)6)31-43(55(49)68)61(13,14)15)67(53-26-23-38(2)29-47(53)65-50-35-41(59(7,8)9)32-44(56(50)69)62(16,17)18)54-27-24-39(3)30-48(54)66-51-36-42(60(10,11)12)33-45(57(51)70)63(19,20)21;2*1-2-3;;/h2*22-36,68-70H,1-21H3;2*1H3;;/q2*-3;;;;/p-6. The first kappa shape index (κ1) is 123. The third kappa shape index (κ3) is 29.9. The zero-order valence-electron chi connectivity index (χ0n) is 97.1. The van der Waals surface area contributed by atoms with Crippen molar-refractivity contribution in [1.82, 2.24) is 0 Å². The summed E-state index contributed by atoms with van der Waals surface area (Å²) in [6.45, 7) is 90.8. The summed E-state index contributed by atoms with van der Waals surface area (Å²) in [7, 11) is 0. The van der Waals surface area contributed by atoms with Crippen LogP contribution in [0.15, 0.2) is 182 Å². The monoisotopic (exact) mass is 2160 g/mol. The van der Waals surface area contributed by atoms with E-state index in [2.05, 4.69) is 259 Å². The largest absolute Gasteiger partial charge is 0.873 e. The van der Waals surface area contributed by atoms with E-state index in [1.807, 2.05) is 224 Å². The Hall–Kier alpha value is -11.8. The molecule has 0 amide bonds. The van der Waals surface area contributed by atoms with Crippen LogP contribution in [0, 0.1) is 64.2 Å². The summed E-state index contributed by atoms with van der Waals surface area (Å²) >= 11 is 0. The molecule has 18 heteroatoms. The van der Waals surface area contributed by atoms with Crippen molar-refractivity contribution in [3.63, 3.8) is 0 Å². The molecule has 0 aliphatic carbocycles. The molecule has 0 bridgehead atoms. The zero-order chi connectivity index (χ0) is 110. The molecule has 148 heavy (non-hydrogen) atoms. The second-order valence-corrected chi connectivity index (χ2v) is 52.0. The Morgan fingerprint density at radius 2 is 0.291 bits per heavy atom. The predicted octanol–water partition coefficient (Wildman–Crippen LogP) is 37.3. The Kier molecular flexibility index (Phi) is 38.2. The predicted molar refractivity (Wildman–Crippen MR) is 609 cm³/mol. The molecule has 0 unspecified atom stereocenters. The van der Waals surface area contributed by atoms with E-state index < -0.39 is 32.5 Å². The summed E-state index contributed by atoms with van der Waals surface area (Å²) in [5.41, 5.74) is 21.3. The van der Waals surface area contributed by atoms with Gasteiger partial charge in [-0.2, -0.15) is 10.5 Å². The van der Waals surface area contributed by atoms with E-state index in [1.54, 1.807) is 12.1 Å². The molecule has 0 heterocycles. The number of hydrogen-bond acceptors (Lipinski definition) is 10. The molecular weight excluding hydrogens is 1990 g/mol. The molecule has 0 radical (unpaired) electrons. The second-order valence-electron chi connectivity index (χ2n) is 52.0. The average Bonchev–Trinajstić information content (AvgIpc) is 0.752. The number of rotatable bonds is 18. The molecule has 0 aromatic heterocycles. The van der Waals surface area contributed by atoms with Crippen LogP contribution in [0.3, 0.4) is 0 Å². The summed E-state index contributed by atoms with van der Waals surface area (Å²) < 4.78 is 0. The van der Waals surface area contributed by atoms with Gasteiger partial charge in [0.1, 0.15) is 0 Å². The van der Waals surface area contributed by atoms with E-state index in [9.17, 15) is 30.6 Å². The number of benzene rings is 12. The normalized spacial score (nSPS) is 12.2. The molecule has 0 saturated heterocycles. The average molecular weight is 2150 g/mol. The van der Waals surface area contributed by atoms with Gasteiger partial charge in [-0.25, -0.2) is 0 Å². The summed E-state index contributed by atoms with van der Waals surface area (Å²) in [6.07, 6.45) is 0. The molecule has 12 rings (SSSR count). The Bertz CT molecular complexity index is 5840. The molecule has 12 aromatic rings. The molecule has 0 N–H and O–H groups in total. The van der Waals surface area contributed by atoms with E-state index in [4.69, 9.17) is 42.4 Å². The third-order valence-electron chi connectivity index (χ3n) is 26.1. The van der Waals surface area contributed by atoms with Crippen LogP contribution in [0.1, 0.15) is 363 Å². The molecule has 0 fully saturated rings. The van der Waals surface area contributed by atoms with Crippen LogP contribution in [0.5, 0.6) is 34.5 Å². The minimum Gasteiger partial charge on any atom is -0.873 e. The summed E-state index contributed by atoms with van der Waals surface area (Å²) in [5, 5.41) is 135. The van der Waals surface area contributed by atoms with Crippen molar-refractivity contribution < 1.29 is 72.8 Å². The third-order valence-corrected chi connectivity index (χ3v) is 26.1. The van der Waals surface area contributed by atoms with E-state index >= 15 is 0 Å². The van der Waals surface area contributed by atoms with Gasteiger partial charge in [0, 0.05) is 90.1 Å². The van der Waals surface area contributed by atoms with Crippen molar-refractivity contribution in [3.05, 3.63) is 314 Å². The molecule has 0 spiro atoms. The number of aryl methyl sites for hydroxylation is 6. The van der Waals surface area contributed by atoms with Gasteiger partial charge >= 0.3 is 0 Å². The summed E-state index contributed by atoms with van der Waals surface area (Å²) in [6, 6.07) is 63.8. The number of nitrogens with zero attached hydrogens (tertiary/aromatic N) is 10. The Balaban J connectivity index is 0.000000376. The molecular formula is C130H162Mo2N10O6-12. The van der Waals surface area contributed by atoms with E-state index in [-0.39, 0.29) is 109 Å². The first-order valence-electron chi connectivity index (χ1n) is 51.1. The molecule has 0 aliphatic heterocycles. The summed E-state index contributed by atoms with van der Waals surface area (Å²) in [5.74, 6) is -0.726. The fourth-order valence-corrected chi connectivity index (χ4v) is 17.1. The number of hydrogen-bond donors (Lipinski definition) is 0. The quantitative estimate of drug-likeness (QED) is 0.0732. The second kappa shape index (κ2) is 45.9. The van der Waals surface area contributed by atoms with Crippen molar-refractivity contribution in [2.75, 3.05) is 9.80 Å². The fourth-order valence-electron chi connectivity index (χ4n) is 17.1. The topological polar surface area (TPSA) is 277 Å². The van der Waals surface area contributed by atoms with Crippen LogP contribution in [0.2, 0.25) is 0 Å². The fraction of sp³-hybridized carbons (Fsp3) is 0.431. The minimum atomic E-state index is -0.435. The maximum Gasteiger partial charge on any atom is 0.0587 e. The zero-order valence-corrected chi connectivity index (χ0v) is 101. The molecule has 0 saturated carbocycles. The molecule has 0 atom stereocenters. The van der Waals surface area contributed by atoms with Crippen molar-refractivity contribution in [2.24, 2.45) is 0 Å². The van der Waals surface area contributed by atoms with Crippen LogP contribution in [0.25, 0.3) is 31.9 Å². The van der Waals surface area contributed by atoms with Gasteiger partial charge in [0.05, 0.1) is 12.1 Å². The van der Waals surface area contributed by atoms with Gasteiger partial charge in [0.15, 0.2) is 0 Å². The molecule has 12 aromatic carbocycles. The van der Waals surface area contributed by atoms with Gasteiger partial charge in [-0.3, -0.25) is 0 Å². The molecule has 0 aliphatic rings. The first-order chi connectivity index (χ1) is 66.7. The van der Waals surface area contributed by atoms with Crippen molar-refractivity contribution >= 4 is 102 Å². The first-order valence-corrected chi connectivity index (χ1v) is 51.1. The maximum absolute atomic E-state index is 14.7. The smallest absolute Gasteiger partial charge is 0.0587 e. The van der Waals surface area contributed by atoms with Gasteiger partial charge in [-0.1, -0.05) is 462 Å². The van der Waals surface area contributed by atoms with Crippen LogP contribution in [-0.4, -0.2) is 0 Å². The van der Waals surface area contributed by atoms with Crippen LogP contribution >= 0.6 is 0 Å². The number of nitriles is 2. The maximum atomic E-state index is 14.7. The Morgan fingerprint density at radius 3 is 0.385 bits per heavy atom. The number of anilines is 6. The van der Waals surface area contributed by atoms with Crippen LogP contribution < -0.4 is 40.4 Å². The van der Waals surface area contributed by atoms with Gasteiger partial charge in [-0.05, 0) is 176 Å². The van der Waals surface area contributed by atoms with Gasteiger partial charge in [0.2, 0.25) is 0 Å². The summed E-state index contributed by atoms with van der Waals surface area (Å²) in [4.78, 5) is 4.17. The van der Waals surface area contributed by atoms with Gasteiger partial charge in [0.25, 0.3) is 0 Å². The van der Waals surface area contributed by atoms with E-state index in [0.29, 0.717) is 136 Å². The van der Waals surface area contributed by atoms with Crippen molar-refractivity contribution in [3.8, 4) is 46.6 Å². The van der Waals surface area contributed by atoms with Crippen molar-refractivity contribution in [2.45, 2.75) is 370 Å². The van der Waals surface area contributed by atoms with Crippen LogP contribution in [0.4, 0.5) is 102 Å². The SMILES string of the molecule is CC#N.CC#N.Cc1ccc(N(c2ccc(C)cc2[N-]c2cc(C(C)(C)C)cc(C(C)(C)C)c2[O-])c2ccc(C)cc2[N-]c2cc(C(C)(C)C)cc(C(C)(C)C)c2[O-])c([N-]c2cc(C(C)(C)C)cc(C(C)(C)C)c2[O-])c1.Cc1ccc(N(c2ccc(C)cc2[N-]c2cc(C(C)(C)C)cc(C(C)(C)C)c2[O-])c2ccc(C)cc2[N-]c2cc(C(C)(C)C)cc(C(C)(C)C)c2[O-])c([N-]c2cc(C(C)(C)C)cc(C(C)(C)C)c2[O-])c1.[Mo].[Mo]. The van der Waals surface area contributed by atoms with E-state index in [1.165, 1.54) is 13.8 Å². The Morgan fingerprint density at radius 1 is 0.182 bits per heavy atom. The van der Waals surface area contributed by atoms with Gasteiger partial charge < -0.3 is 72.3 Å². The minimum absolute atomic E-state index is 0. The molecule has 16 nitrogen and oxygen atoms in total. The van der Waals surface area contributed by atoms with Crippen LogP contribution in [-0.2, 0) is 107 Å².